The molecule has 0 saturated heterocycles. The third-order valence-corrected chi connectivity index (χ3v) is 11.0. The average molecular weight is 645 g/mol. The van der Waals surface area contributed by atoms with Crippen molar-refractivity contribution in [3.05, 3.63) is 167 Å². The lowest BCUT2D eigenvalue weighted by atomic mass is 9.81. The molecule has 8 aromatic rings. The van der Waals surface area contributed by atoms with E-state index >= 15 is 0 Å². The number of hydrogen-bond acceptors (Lipinski definition) is 0. The Morgan fingerprint density at radius 3 is 1.80 bits per heavy atom. The maximum atomic E-state index is 2.45. The molecular weight excluding hydrogens is 601 g/mol. The number of fused-ring (bicyclic) bond motifs is 7. The molecule has 0 aliphatic heterocycles. The minimum Gasteiger partial charge on any atom is -0.0683 e. The molecule has 244 valence electrons. The Balaban J connectivity index is 0.00000177. The third-order valence-electron chi connectivity index (χ3n) is 11.0. The fourth-order valence-corrected chi connectivity index (χ4v) is 8.10. The molecule has 0 heterocycles. The van der Waals surface area contributed by atoms with Crippen molar-refractivity contribution in [1.82, 2.24) is 0 Å². The quantitative estimate of drug-likeness (QED) is 0.180. The zero-order valence-corrected chi connectivity index (χ0v) is 30.1. The van der Waals surface area contributed by atoms with Crippen molar-refractivity contribution in [2.45, 2.75) is 54.4 Å². The van der Waals surface area contributed by atoms with E-state index in [9.17, 15) is 0 Å². The molecular formula is C50H44. The Morgan fingerprint density at radius 2 is 1.00 bits per heavy atom. The Bertz CT molecular complexity index is 2600. The van der Waals surface area contributed by atoms with Crippen LogP contribution in [0.4, 0.5) is 0 Å². The Kier molecular flexibility index (Phi) is 8.12. The summed E-state index contributed by atoms with van der Waals surface area (Å²) >= 11 is 0. The predicted molar refractivity (Wildman–Crippen MR) is 218 cm³/mol. The summed E-state index contributed by atoms with van der Waals surface area (Å²) in [5.74, 6) is 0. The largest absolute Gasteiger partial charge is 0.0683 e. The van der Waals surface area contributed by atoms with E-state index in [0.29, 0.717) is 0 Å². The maximum absolute atomic E-state index is 2.45. The van der Waals surface area contributed by atoms with Crippen molar-refractivity contribution in [2.24, 2.45) is 0 Å². The van der Waals surface area contributed by atoms with Gasteiger partial charge < -0.3 is 0 Å². The molecule has 0 atom stereocenters. The third kappa shape index (κ3) is 5.50. The van der Waals surface area contributed by atoms with Crippen molar-refractivity contribution in [3.63, 3.8) is 0 Å². The first kappa shape index (κ1) is 31.8. The summed E-state index contributed by atoms with van der Waals surface area (Å²) in [4.78, 5) is 0. The topological polar surface area (TPSA) is 0 Å². The second kappa shape index (κ2) is 12.8. The Hall–Kier alpha value is -5.46. The molecule has 1 aliphatic rings. The van der Waals surface area contributed by atoms with Gasteiger partial charge in [0, 0.05) is 0 Å². The van der Waals surface area contributed by atoms with Crippen LogP contribution in [-0.4, -0.2) is 0 Å². The van der Waals surface area contributed by atoms with Gasteiger partial charge in [0.05, 0.1) is 0 Å². The van der Waals surface area contributed by atoms with Gasteiger partial charge in [-0.05, 0) is 181 Å². The van der Waals surface area contributed by atoms with Crippen LogP contribution in [0.5, 0.6) is 0 Å². The van der Waals surface area contributed by atoms with Crippen LogP contribution in [0.2, 0.25) is 0 Å². The van der Waals surface area contributed by atoms with Crippen LogP contribution in [0.3, 0.4) is 0 Å². The molecule has 50 heavy (non-hydrogen) atoms. The zero-order chi connectivity index (χ0) is 34.5. The first-order chi connectivity index (χ1) is 24.4. The Morgan fingerprint density at radius 1 is 0.380 bits per heavy atom. The van der Waals surface area contributed by atoms with E-state index in [-0.39, 0.29) is 0 Å². The second-order valence-corrected chi connectivity index (χ2v) is 13.9. The summed E-state index contributed by atoms with van der Waals surface area (Å²) < 4.78 is 0. The summed E-state index contributed by atoms with van der Waals surface area (Å²) in [6, 6.07) is 50.6. The van der Waals surface area contributed by atoms with Gasteiger partial charge in [-0.25, -0.2) is 0 Å². The van der Waals surface area contributed by atoms with Gasteiger partial charge in [-0.2, -0.15) is 0 Å². The first-order valence-corrected chi connectivity index (χ1v) is 18.2. The lowest BCUT2D eigenvalue weighted by Crippen LogP contribution is -2.05. The van der Waals surface area contributed by atoms with Gasteiger partial charge in [0.25, 0.3) is 0 Å². The number of rotatable bonds is 3. The van der Waals surface area contributed by atoms with E-state index < -0.39 is 0 Å². The number of aryl methyl sites for hydroxylation is 5. The van der Waals surface area contributed by atoms with Gasteiger partial charge in [-0.1, -0.05) is 117 Å². The highest BCUT2D eigenvalue weighted by molar-refractivity contribution is 5.98. The molecule has 0 saturated carbocycles. The van der Waals surface area contributed by atoms with Gasteiger partial charge >= 0.3 is 0 Å². The lowest BCUT2D eigenvalue weighted by Gasteiger charge is -2.23. The number of hydrogen-bond donors (Lipinski definition) is 0. The van der Waals surface area contributed by atoms with E-state index in [2.05, 4.69) is 161 Å². The van der Waals surface area contributed by atoms with E-state index in [1.807, 2.05) is 13.8 Å². The minimum atomic E-state index is 1.06. The highest BCUT2D eigenvalue weighted by Gasteiger charge is 2.20. The molecule has 0 fully saturated rings. The highest BCUT2D eigenvalue weighted by Crippen LogP contribution is 2.41. The SMILES string of the molecule is CC.Cc1cc(-c2ccc3c(c2)-c2ccc4ccc(-c5ccc6ccccc6c5)cc4c2CC3)cc(-c2ccc3c(C)c(C)c(C)cc3c2)c1. The van der Waals surface area contributed by atoms with Crippen molar-refractivity contribution in [2.75, 3.05) is 0 Å². The number of benzene rings is 8. The van der Waals surface area contributed by atoms with Gasteiger partial charge in [0.15, 0.2) is 0 Å². The molecule has 0 unspecified atom stereocenters. The van der Waals surface area contributed by atoms with Crippen LogP contribution >= 0.6 is 0 Å². The van der Waals surface area contributed by atoms with Crippen LogP contribution in [0.15, 0.2) is 133 Å². The smallest absolute Gasteiger partial charge is 0.0139 e. The van der Waals surface area contributed by atoms with Crippen molar-refractivity contribution >= 4 is 32.3 Å². The fraction of sp³-hybridized carbons (Fsp3) is 0.160. The maximum Gasteiger partial charge on any atom is -0.0139 e. The lowest BCUT2D eigenvalue weighted by molar-refractivity contribution is 0.951. The molecule has 0 bridgehead atoms. The molecule has 9 rings (SSSR count). The van der Waals surface area contributed by atoms with Crippen LogP contribution in [-0.2, 0) is 12.8 Å². The monoisotopic (exact) mass is 644 g/mol. The first-order valence-electron chi connectivity index (χ1n) is 18.2. The predicted octanol–water partition coefficient (Wildman–Crippen LogP) is 14.2. The van der Waals surface area contributed by atoms with E-state index in [1.165, 1.54) is 110 Å². The van der Waals surface area contributed by atoms with E-state index in [1.54, 1.807) is 0 Å². The molecule has 8 aromatic carbocycles. The van der Waals surface area contributed by atoms with Crippen LogP contribution < -0.4 is 0 Å². The normalized spacial score (nSPS) is 12.0. The highest BCUT2D eigenvalue weighted by atomic mass is 14.2. The van der Waals surface area contributed by atoms with Crippen molar-refractivity contribution in [1.29, 1.82) is 0 Å². The van der Waals surface area contributed by atoms with Gasteiger partial charge in [-0.3, -0.25) is 0 Å². The molecule has 0 nitrogen and oxygen atoms in total. The summed E-state index contributed by atoms with van der Waals surface area (Å²) in [6.45, 7) is 12.9. The van der Waals surface area contributed by atoms with Crippen molar-refractivity contribution < 1.29 is 0 Å². The van der Waals surface area contributed by atoms with Gasteiger partial charge in [-0.15, -0.1) is 0 Å². The zero-order valence-electron chi connectivity index (χ0n) is 30.1. The second-order valence-electron chi connectivity index (χ2n) is 13.9. The molecule has 0 heteroatoms. The molecule has 0 amide bonds. The summed E-state index contributed by atoms with van der Waals surface area (Å²) in [7, 11) is 0. The average Bonchev–Trinajstić information content (AvgIpc) is 3.16. The summed E-state index contributed by atoms with van der Waals surface area (Å²) in [6.07, 6.45) is 2.13. The minimum absolute atomic E-state index is 1.06. The van der Waals surface area contributed by atoms with Crippen LogP contribution in [0.25, 0.3) is 76.8 Å². The molecule has 0 radical (unpaired) electrons. The van der Waals surface area contributed by atoms with Crippen LogP contribution in [0, 0.1) is 27.7 Å². The van der Waals surface area contributed by atoms with E-state index in [0.717, 1.165) is 12.8 Å². The van der Waals surface area contributed by atoms with Crippen LogP contribution in [0.1, 0.15) is 47.2 Å². The standard InChI is InChI=1S/C48H38.C2H6/c1-29-21-41(38-17-18-44-32(4)31(3)30(2)23-43(44)25-38)26-42(22-29)40-14-11-35-16-19-45-46(48(35)28-40)20-15-34-10-13-39(27-47(34)45)37-12-9-33-7-5-6-8-36(33)24-37;1-2/h5-15,17-18,20-28H,16,19H2,1-4H3;1-2H3. The van der Waals surface area contributed by atoms with Crippen molar-refractivity contribution in [3.8, 4) is 44.5 Å². The molecule has 1 aliphatic carbocycles. The molecule has 0 spiro atoms. The van der Waals surface area contributed by atoms with Gasteiger partial charge in [0.1, 0.15) is 0 Å². The fourth-order valence-electron chi connectivity index (χ4n) is 8.10. The van der Waals surface area contributed by atoms with Gasteiger partial charge in [0.2, 0.25) is 0 Å². The van der Waals surface area contributed by atoms with E-state index in [4.69, 9.17) is 0 Å². The Labute approximate surface area is 297 Å². The molecule has 0 N–H and O–H groups in total. The summed E-state index contributed by atoms with van der Waals surface area (Å²) in [5.41, 5.74) is 18.7. The summed E-state index contributed by atoms with van der Waals surface area (Å²) in [5, 5.41) is 7.93. The molecule has 0 aromatic heterocycles.